The van der Waals surface area contributed by atoms with E-state index in [4.69, 9.17) is 9.47 Å². The van der Waals surface area contributed by atoms with Crippen molar-refractivity contribution in [2.45, 2.75) is 45.1 Å². The molecule has 160 valence electrons. The Labute approximate surface area is 172 Å². The van der Waals surface area contributed by atoms with Crippen molar-refractivity contribution >= 4 is 16.1 Å². The van der Waals surface area contributed by atoms with Gasteiger partial charge in [0.2, 0.25) is 12.7 Å². The quantitative estimate of drug-likeness (QED) is 0.781. The molecule has 3 aliphatic heterocycles. The summed E-state index contributed by atoms with van der Waals surface area (Å²) in [5, 5.41) is 2.95. The van der Waals surface area contributed by atoms with Crippen molar-refractivity contribution in [3.8, 4) is 11.5 Å². The molecule has 3 aliphatic rings. The van der Waals surface area contributed by atoms with E-state index >= 15 is 0 Å². The number of nitrogens with one attached hydrogen (secondary N) is 1. The number of carbonyl (C=O) groups excluding carboxylic acids is 1. The van der Waals surface area contributed by atoms with Crippen LogP contribution >= 0.6 is 0 Å². The van der Waals surface area contributed by atoms with Crippen LogP contribution in [-0.2, 0) is 21.5 Å². The van der Waals surface area contributed by atoms with E-state index in [-0.39, 0.29) is 25.2 Å². The van der Waals surface area contributed by atoms with Crippen molar-refractivity contribution in [2.24, 2.45) is 5.92 Å². The average Bonchev–Trinajstić information content (AvgIpc) is 3.02. The molecule has 0 aromatic heterocycles. The van der Waals surface area contributed by atoms with Gasteiger partial charge in [-0.3, -0.25) is 4.79 Å². The molecule has 2 fully saturated rings. The first kappa shape index (κ1) is 20.4. The second kappa shape index (κ2) is 8.89. The molecule has 0 saturated carbocycles. The van der Waals surface area contributed by atoms with Gasteiger partial charge < -0.3 is 14.8 Å². The Morgan fingerprint density at radius 2 is 1.72 bits per heavy atom. The minimum absolute atomic E-state index is 0.0987. The highest BCUT2D eigenvalue weighted by molar-refractivity contribution is 7.86. The molecular weight excluding hydrogens is 394 g/mol. The Hall–Kier alpha value is -1.84. The molecule has 0 aliphatic carbocycles. The monoisotopic (exact) mass is 423 g/mol. The molecule has 0 radical (unpaired) electrons. The predicted octanol–water partition coefficient (Wildman–Crippen LogP) is 1.86. The maximum absolute atomic E-state index is 13.0. The van der Waals surface area contributed by atoms with Crippen LogP contribution in [0.25, 0.3) is 0 Å². The van der Waals surface area contributed by atoms with E-state index in [1.54, 1.807) is 4.31 Å². The van der Waals surface area contributed by atoms with Crippen molar-refractivity contribution in [2.75, 3.05) is 33.0 Å². The van der Waals surface area contributed by atoms with Crippen LogP contribution in [-0.4, -0.2) is 55.9 Å². The summed E-state index contributed by atoms with van der Waals surface area (Å²) >= 11 is 0. The van der Waals surface area contributed by atoms with Gasteiger partial charge in [-0.05, 0) is 43.4 Å². The van der Waals surface area contributed by atoms with E-state index in [9.17, 15) is 13.2 Å². The first-order chi connectivity index (χ1) is 14.0. The van der Waals surface area contributed by atoms with E-state index in [1.807, 2.05) is 18.2 Å². The Bertz CT molecular complexity index is 837. The molecule has 9 heteroatoms. The summed E-state index contributed by atoms with van der Waals surface area (Å²) in [5.41, 5.74) is 0.924. The fourth-order valence-corrected chi connectivity index (χ4v) is 5.96. The van der Waals surface area contributed by atoms with E-state index in [0.29, 0.717) is 50.5 Å². The fraction of sp³-hybridized carbons (Fsp3) is 0.650. The van der Waals surface area contributed by atoms with Crippen molar-refractivity contribution in [1.29, 1.82) is 0 Å². The Kier molecular flexibility index (Phi) is 6.26. The molecule has 2 saturated heterocycles. The number of rotatable bonds is 5. The summed E-state index contributed by atoms with van der Waals surface area (Å²) in [5.74, 6) is 0.976. The van der Waals surface area contributed by atoms with Gasteiger partial charge in [0.25, 0.3) is 10.2 Å². The van der Waals surface area contributed by atoms with Crippen LogP contribution in [0.5, 0.6) is 11.5 Å². The molecule has 1 aromatic rings. The Morgan fingerprint density at radius 3 is 2.52 bits per heavy atom. The van der Waals surface area contributed by atoms with Crippen molar-refractivity contribution < 1.29 is 22.7 Å². The molecule has 1 N–H and O–H groups in total. The lowest BCUT2D eigenvalue weighted by Gasteiger charge is -2.34. The number of fused-ring (bicyclic) bond motifs is 1. The zero-order chi connectivity index (χ0) is 20.3. The lowest BCUT2D eigenvalue weighted by molar-refractivity contribution is -0.126. The topological polar surface area (TPSA) is 88.2 Å². The van der Waals surface area contributed by atoms with Gasteiger partial charge in [-0.2, -0.15) is 17.0 Å². The number of benzene rings is 1. The molecule has 8 nitrogen and oxygen atoms in total. The van der Waals surface area contributed by atoms with Crippen molar-refractivity contribution in [3.63, 3.8) is 0 Å². The largest absolute Gasteiger partial charge is 0.454 e. The molecule has 29 heavy (non-hydrogen) atoms. The number of hydrogen-bond donors (Lipinski definition) is 1. The van der Waals surface area contributed by atoms with Crippen LogP contribution in [0.15, 0.2) is 18.2 Å². The van der Waals surface area contributed by atoms with Crippen LogP contribution in [0.2, 0.25) is 0 Å². The Balaban J connectivity index is 1.34. The van der Waals surface area contributed by atoms with Gasteiger partial charge in [-0.25, -0.2) is 0 Å². The third kappa shape index (κ3) is 4.67. The summed E-state index contributed by atoms with van der Waals surface area (Å²) in [6.45, 7) is 2.51. The van der Waals surface area contributed by atoms with Crippen LogP contribution < -0.4 is 14.8 Å². The molecule has 4 rings (SSSR count). The molecular formula is C20H29N3O5S. The maximum atomic E-state index is 13.0. The zero-order valence-electron chi connectivity index (χ0n) is 16.6. The molecule has 1 amide bonds. The second-order valence-corrected chi connectivity index (χ2v) is 9.85. The minimum atomic E-state index is -3.49. The SMILES string of the molecule is O=C(NCc1ccc2c(c1)OCO2)[C@H]1CCCN(S(=O)(=O)N2CCCCCC2)C1. The summed E-state index contributed by atoms with van der Waals surface area (Å²) < 4.78 is 39.9. The number of ether oxygens (including phenoxy) is 2. The lowest BCUT2D eigenvalue weighted by Crippen LogP contribution is -2.50. The summed E-state index contributed by atoms with van der Waals surface area (Å²) in [6.07, 6.45) is 5.39. The van der Waals surface area contributed by atoms with Crippen LogP contribution in [0.1, 0.15) is 44.1 Å². The summed E-state index contributed by atoms with van der Waals surface area (Å²) in [7, 11) is -3.49. The van der Waals surface area contributed by atoms with Gasteiger partial charge >= 0.3 is 0 Å². The highest BCUT2D eigenvalue weighted by Crippen LogP contribution is 2.32. The number of nitrogens with zero attached hydrogens (tertiary/aromatic N) is 2. The average molecular weight is 424 g/mol. The number of piperidine rings is 1. The van der Waals surface area contributed by atoms with Crippen molar-refractivity contribution in [1.82, 2.24) is 13.9 Å². The lowest BCUT2D eigenvalue weighted by atomic mass is 9.98. The standard InChI is InChI=1S/C20H29N3O5S/c24-20(21-13-16-7-8-18-19(12-16)28-15-27-18)17-6-5-11-23(14-17)29(25,26)22-9-3-1-2-4-10-22/h7-8,12,17H,1-6,9-11,13-15H2,(H,21,24)/t17-/m0/s1. The third-order valence-electron chi connectivity index (χ3n) is 5.88. The number of carbonyl (C=O) groups is 1. The first-order valence-corrected chi connectivity index (χ1v) is 11.9. The smallest absolute Gasteiger partial charge is 0.281 e. The highest BCUT2D eigenvalue weighted by atomic mass is 32.2. The number of amides is 1. The van der Waals surface area contributed by atoms with Crippen molar-refractivity contribution in [3.05, 3.63) is 23.8 Å². The maximum Gasteiger partial charge on any atom is 0.281 e. The van der Waals surface area contributed by atoms with Gasteiger partial charge in [-0.15, -0.1) is 0 Å². The highest BCUT2D eigenvalue weighted by Gasteiger charge is 2.35. The molecule has 0 unspecified atom stereocenters. The van der Waals surface area contributed by atoms with Gasteiger partial charge in [0.15, 0.2) is 11.5 Å². The van der Waals surface area contributed by atoms with E-state index in [2.05, 4.69) is 5.32 Å². The fourth-order valence-electron chi connectivity index (χ4n) is 4.19. The van der Waals surface area contributed by atoms with E-state index in [0.717, 1.165) is 31.2 Å². The van der Waals surface area contributed by atoms with Crippen LogP contribution in [0.4, 0.5) is 0 Å². The van der Waals surface area contributed by atoms with Gasteiger partial charge in [-0.1, -0.05) is 18.9 Å². The number of hydrogen-bond acceptors (Lipinski definition) is 5. The molecule has 3 heterocycles. The van der Waals surface area contributed by atoms with Gasteiger partial charge in [0.1, 0.15) is 0 Å². The van der Waals surface area contributed by atoms with E-state index < -0.39 is 10.2 Å². The summed E-state index contributed by atoms with van der Waals surface area (Å²) in [4.78, 5) is 12.7. The van der Waals surface area contributed by atoms with Crippen LogP contribution in [0.3, 0.4) is 0 Å². The predicted molar refractivity (Wildman–Crippen MR) is 108 cm³/mol. The molecule has 0 bridgehead atoms. The first-order valence-electron chi connectivity index (χ1n) is 10.5. The third-order valence-corrected chi connectivity index (χ3v) is 7.88. The zero-order valence-corrected chi connectivity index (χ0v) is 17.5. The molecule has 0 spiro atoms. The minimum Gasteiger partial charge on any atom is -0.454 e. The summed E-state index contributed by atoms with van der Waals surface area (Å²) in [6, 6.07) is 5.59. The van der Waals surface area contributed by atoms with E-state index in [1.165, 1.54) is 4.31 Å². The Morgan fingerprint density at radius 1 is 1.00 bits per heavy atom. The van der Waals surface area contributed by atoms with Gasteiger partial charge in [0, 0.05) is 32.7 Å². The van der Waals surface area contributed by atoms with Gasteiger partial charge in [0.05, 0.1) is 5.92 Å². The molecule has 1 atom stereocenters. The second-order valence-electron chi connectivity index (χ2n) is 7.92. The molecule has 1 aromatic carbocycles. The van der Waals surface area contributed by atoms with Crippen LogP contribution in [0, 0.1) is 5.92 Å². The normalized spacial score (nSPS) is 23.5.